The number of amides is 2. The highest BCUT2D eigenvalue weighted by Crippen LogP contribution is 2.33. The van der Waals surface area contributed by atoms with Crippen molar-refractivity contribution in [2.45, 2.75) is 103 Å². The zero-order valence-corrected chi connectivity index (χ0v) is 37.4. The van der Waals surface area contributed by atoms with Gasteiger partial charge in [-0.25, -0.2) is 9.59 Å². The Bertz CT molecular complexity index is 1990. The number of nitrogens with one attached hydrogen (secondary N) is 2. The lowest BCUT2D eigenvalue weighted by Crippen LogP contribution is -2.40. The fraction of sp³-hybridized carbons (Fsp3) is 0.440. The molecule has 0 unspecified atom stereocenters. The molecule has 2 fully saturated rings. The summed E-state index contributed by atoms with van der Waals surface area (Å²) in [6.45, 7) is 11.5. The van der Waals surface area contributed by atoms with Crippen LogP contribution in [0.2, 0.25) is 0 Å². The Labute approximate surface area is 375 Å². The molecule has 0 radical (unpaired) electrons. The monoisotopic (exact) mass is 882 g/mol. The van der Waals surface area contributed by atoms with Gasteiger partial charge >= 0.3 is 11.9 Å². The average Bonchev–Trinajstić information content (AvgIpc) is 4.00. The zero-order chi connectivity index (χ0) is 46.0. The Morgan fingerprint density at radius 3 is 1.27 bits per heavy atom. The van der Waals surface area contributed by atoms with Crippen LogP contribution in [0.25, 0.3) is 0 Å². The molecule has 2 heterocycles. The summed E-state index contributed by atoms with van der Waals surface area (Å²) in [5.41, 5.74) is 1.95. The lowest BCUT2D eigenvalue weighted by Gasteiger charge is -2.24. The number of hydrogen-bond donors (Lipinski definition) is 4. The first-order valence-corrected chi connectivity index (χ1v) is 22.2. The van der Waals surface area contributed by atoms with Crippen molar-refractivity contribution in [1.29, 1.82) is 0 Å². The number of carboxylic acid groups (broad SMARTS) is 2. The first kappa shape index (κ1) is 48.9. The molecule has 14 nitrogen and oxygen atoms in total. The number of hydrogen-bond acceptors (Lipinski definition) is 10. The van der Waals surface area contributed by atoms with Crippen LogP contribution in [0.15, 0.2) is 84.9 Å². The van der Waals surface area contributed by atoms with Gasteiger partial charge in [0, 0.05) is 61.4 Å². The Kier molecular flexibility index (Phi) is 18.4. The van der Waals surface area contributed by atoms with Crippen LogP contribution in [-0.4, -0.2) is 84.8 Å². The van der Waals surface area contributed by atoms with Crippen molar-refractivity contribution in [3.05, 3.63) is 118 Å². The molecule has 2 aliphatic heterocycles. The van der Waals surface area contributed by atoms with Crippen LogP contribution in [0, 0.1) is 0 Å². The number of ether oxygens (including phenoxy) is 6. The summed E-state index contributed by atoms with van der Waals surface area (Å²) in [6, 6.07) is 25.2. The first-order chi connectivity index (χ1) is 30.9. The molecule has 2 atom stereocenters. The fourth-order valence-electron chi connectivity index (χ4n) is 7.58. The van der Waals surface area contributed by atoms with Crippen LogP contribution in [0.3, 0.4) is 0 Å². The van der Waals surface area contributed by atoms with Gasteiger partial charge in [-0.2, -0.15) is 0 Å². The molecule has 2 aliphatic rings. The minimum Gasteiger partial charge on any atom is -0.494 e. The van der Waals surface area contributed by atoms with Crippen molar-refractivity contribution < 1.29 is 57.8 Å². The summed E-state index contributed by atoms with van der Waals surface area (Å²) in [6.07, 6.45) is 4.82. The molecule has 2 amide bonds. The van der Waals surface area contributed by atoms with Crippen molar-refractivity contribution in [2.75, 3.05) is 39.6 Å². The largest absolute Gasteiger partial charge is 0.494 e. The molecule has 14 heteroatoms. The molecule has 6 rings (SSSR count). The van der Waals surface area contributed by atoms with Gasteiger partial charge in [0.05, 0.1) is 26.4 Å². The van der Waals surface area contributed by atoms with Crippen molar-refractivity contribution in [3.8, 4) is 23.0 Å². The highest BCUT2D eigenvalue weighted by atomic mass is 16.5. The first-order valence-electron chi connectivity index (χ1n) is 22.2. The van der Waals surface area contributed by atoms with Gasteiger partial charge < -0.3 is 49.3 Å². The van der Waals surface area contributed by atoms with Crippen LogP contribution in [0.1, 0.15) is 109 Å². The number of carboxylic acids is 2. The summed E-state index contributed by atoms with van der Waals surface area (Å²) in [5, 5.41) is 25.2. The normalized spacial score (nSPS) is 17.7. The molecule has 4 N–H and O–H groups in total. The molecule has 0 bridgehead atoms. The van der Waals surface area contributed by atoms with E-state index < -0.39 is 23.1 Å². The fourth-order valence-corrected chi connectivity index (χ4v) is 7.58. The van der Waals surface area contributed by atoms with Crippen molar-refractivity contribution in [3.63, 3.8) is 0 Å². The van der Waals surface area contributed by atoms with Crippen LogP contribution < -0.4 is 29.6 Å². The van der Waals surface area contributed by atoms with E-state index in [9.17, 15) is 29.4 Å². The summed E-state index contributed by atoms with van der Waals surface area (Å²) in [7, 11) is 0. The maximum Gasteiger partial charge on any atom is 0.336 e. The lowest BCUT2D eigenvalue weighted by molar-refractivity contribution is -0.160. The van der Waals surface area contributed by atoms with Gasteiger partial charge in [0.25, 0.3) is 11.8 Å². The Hall–Kier alpha value is -6.12. The minimum absolute atomic E-state index is 0.207. The highest BCUT2D eigenvalue weighted by molar-refractivity contribution is 5.94. The topological polar surface area (TPSA) is 188 Å². The van der Waals surface area contributed by atoms with Crippen molar-refractivity contribution in [1.82, 2.24) is 10.6 Å². The SMILES string of the molecule is CCCOc1ccc(C(=O)NCc2cc(C[C@@]3(C(=O)O)CCCO3)ccc2OCC)cc1.CCCOc1ccc(C(=O)NCc2cc(C[C@]3(C(=O)O)CCCO3)ccc2OCC)cc1. The number of rotatable bonds is 22. The Morgan fingerprint density at radius 2 is 0.953 bits per heavy atom. The van der Waals surface area contributed by atoms with E-state index in [0.717, 1.165) is 59.4 Å². The number of aliphatic carboxylic acids is 2. The average molecular weight is 883 g/mol. The second kappa shape index (κ2) is 24.1. The number of benzene rings is 4. The van der Waals surface area contributed by atoms with Gasteiger partial charge in [-0.05, 0) is 124 Å². The molecule has 64 heavy (non-hydrogen) atoms. The van der Waals surface area contributed by atoms with Crippen LogP contribution in [0.4, 0.5) is 0 Å². The van der Waals surface area contributed by atoms with Crippen LogP contribution >= 0.6 is 0 Å². The smallest absolute Gasteiger partial charge is 0.336 e. The molecular weight excluding hydrogens is 821 g/mol. The van der Waals surface area contributed by atoms with Crippen LogP contribution in [0.5, 0.6) is 23.0 Å². The Balaban J connectivity index is 0.000000241. The molecule has 0 saturated carbocycles. The zero-order valence-electron chi connectivity index (χ0n) is 37.4. The predicted octanol–water partition coefficient (Wildman–Crippen LogP) is 7.96. The second-order valence-corrected chi connectivity index (χ2v) is 15.7. The van der Waals surface area contributed by atoms with E-state index in [2.05, 4.69) is 10.6 Å². The maximum atomic E-state index is 12.6. The van der Waals surface area contributed by atoms with Gasteiger partial charge in [-0.1, -0.05) is 38.1 Å². The van der Waals surface area contributed by atoms with Crippen molar-refractivity contribution in [2.24, 2.45) is 0 Å². The third-order valence-electron chi connectivity index (χ3n) is 10.9. The van der Waals surface area contributed by atoms with Crippen LogP contribution in [-0.2, 0) is 45.0 Å². The minimum atomic E-state index is -1.19. The summed E-state index contributed by atoms with van der Waals surface area (Å²) in [5.74, 6) is 0.498. The van der Waals surface area contributed by atoms with Gasteiger partial charge in [0.2, 0.25) is 0 Å². The van der Waals surface area contributed by atoms with E-state index in [0.29, 0.717) is 75.1 Å². The van der Waals surface area contributed by atoms with E-state index in [1.54, 1.807) is 48.5 Å². The van der Waals surface area contributed by atoms with Gasteiger partial charge in [-0.15, -0.1) is 0 Å². The molecule has 0 spiro atoms. The summed E-state index contributed by atoms with van der Waals surface area (Å²) < 4.78 is 33.7. The number of carbonyl (C=O) groups is 4. The molecule has 0 aromatic heterocycles. The third kappa shape index (κ3) is 13.4. The standard InChI is InChI=1S/2C25H31NO6/c2*1-3-13-31-21-9-7-19(8-10-21)23(27)26-17-20-15-18(6-11-22(20)30-4-2)16-25(24(28)29)12-5-14-32-25/h2*6-11,15H,3-5,12-14,16-17H2,1-2H3,(H,26,27)(H,28,29)/t2*25-/m10/s1. The summed E-state index contributed by atoms with van der Waals surface area (Å²) in [4.78, 5) is 48.9. The van der Waals surface area contributed by atoms with E-state index >= 15 is 0 Å². The lowest BCUT2D eigenvalue weighted by atomic mass is 9.91. The quantitative estimate of drug-likeness (QED) is 0.0597. The van der Waals surface area contributed by atoms with Gasteiger partial charge in [0.15, 0.2) is 11.2 Å². The highest BCUT2D eigenvalue weighted by Gasteiger charge is 2.44. The molecule has 344 valence electrons. The van der Waals surface area contributed by atoms with Gasteiger partial charge in [0.1, 0.15) is 23.0 Å². The number of carbonyl (C=O) groups excluding carboxylic acids is 2. The van der Waals surface area contributed by atoms with E-state index in [1.807, 2.05) is 64.1 Å². The molecule has 4 aromatic carbocycles. The predicted molar refractivity (Wildman–Crippen MR) is 241 cm³/mol. The molecule has 2 saturated heterocycles. The molecule has 0 aliphatic carbocycles. The van der Waals surface area contributed by atoms with Gasteiger partial charge in [-0.3, -0.25) is 9.59 Å². The maximum absolute atomic E-state index is 12.6. The van der Waals surface area contributed by atoms with E-state index in [4.69, 9.17) is 28.4 Å². The third-order valence-corrected chi connectivity index (χ3v) is 10.9. The van der Waals surface area contributed by atoms with E-state index in [1.165, 1.54) is 0 Å². The second-order valence-electron chi connectivity index (χ2n) is 15.7. The van der Waals surface area contributed by atoms with E-state index in [-0.39, 0.29) is 37.7 Å². The molecular formula is C50H62N2O12. The molecule has 4 aromatic rings. The Morgan fingerprint density at radius 1 is 0.562 bits per heavy atom. The van der Waals surface area contributed by atoms with Crippen molar-refractivity contribution >= 4 is 23.8 Å². The summed E-state index contributed by atoms with van der Waals surface area (Å²) >= 11 is 0.